The number of ketones is 1. The van der Waals surface area contributed by atoms with E-state index in [9.17, 15) is 24.0 Å². The molecule has 4 heterocycles. The molecule has 0 N–H and O–H groups in total. The number of methoxy groups -OCH3 is 1. The monoisotopic (exact) mass is 719 g/mol. The zero-order chi connectivity index (χ0) is 36.8. The number of carbonyl (C=O) groups excluding carboxylic acids is 5. The van der Waals surface area contributed by atoms with Crippen LogP contribution in [0.4, 0.5) is 0 Å². The van der Waals surface area contributed by atoms with Gasteiger partial charge in [-0.2, -0.15) is 0 Å². The number of amides is 1. The van der Waals surface area contributed by atoms with Gasteiger partial charge < -0.3 is 47.4 Å². The summed E-state index contributed by atoms with van der Waals surface area (Å²) >= 11 is 0. The van der Waals surface area contributed by atoms with Crippen molar-refractivity contribution in [1.29, 1.82) is 0 Å². The summed E-state index contributed by atoms with van der Waals surface area (Å²) in [6.07, 6.45) is -0.349. The number of aryl methyl sites for hydroxylation is 1. The molecule has 0 radical (unpaired) electrons. The molecule has 1 aliphatic carbocycles. The second-order valence-electron chi connectivity index (χ2n) is 12.9. The van der Waals surface area contributed by atoms with Gasteiger partial charge >= 0.3 is 17.9 Å². The van der Waals surface area contributed by atoms with E-state index in [-0.39, 0.29) is 35.5 Å². The Morgan fingerprint density at radius 2 is 1.54 bits per heavy atom. The fourth-order valence-corrected chi connectivity index (χ4v) is 7.39. The normalized spacial score (nSPS) is 25.5. The average molecular weight is 720 g/mol. The highest BCUT2D eigenvalue weighted by Crippen LogP contribution is 2.54. The van der Waals surface area contributed by atoms with Gasteiger partial charge in [0.1, 0.15) is 0 Å². The van der Waals surface area contributed by atoms with Crippen LogP contribution in [0.25, 0.3) is 0 Å². The summed E-state index contributed by atoms with van der Waals surface area (Å²) in [6.45, 7) is 6.04. The smallest absolute Gasteiger partial charge is 0.303 e. The number of ether oxygens (including phenoxy) is 8. The molecule has 1 saturated heterocycles. The molecule has 0 saturated carbocycles. The third-order valence-electron chi connectivity index (χ3n) is 9.48. The summed E-state index contributed by atoms with van der Waals surface area (Å²) in [5, 5.41) is 0. The number of rotatable bonds is 10. The number of hydrogen-bond acceptors (Lipinski definition) is 14. The first-order valence-corrected chi connectivity index (χ1v) is 16.7. The predicted molar refractivity (Wildman–Crippen MR) is 175 cm³/mol. The van der Waals surface area contributed by atoms with Crippen molar-refractivity contribution in [1.82, 2.24) is 14.5 Å². The quantitative estimate of drug-likeness (QED) is 0.220. The number of Topliss-reactive ketones (excluding diaryl/α,β-unsaturated/α-hetero) is 1. The molecule has 274 valence electrons. The molecule has 3 aromatic rings. The Bertz CT molecular complexity index is 1930. The maximum Gasteiger partial charge on any atom is 0.303 e. The highest BCUT2D eigenvalue weighted by molar-refractivity contribution is 6.11. The number of imidazole rings is 1. The van der Waals surface area contributed by atoms with E-state index in [1.165, 1.54) is 20.1 Å². The van der Waals surface area contributed by atoms with E-state index >= 15 is 0 Å². The van der Waals surface area contributed by atoms with Crippen LogP contribution in [0.1, 0.15) is 77.9 Å². The SMILES string of the molecule is COc1cc2c(cc1O[C@@H]1O[C@@H](C)[C@@H](OC(C)=O)[C@@H](OC(C)=O)[C@@H]1OC(C)=O)C1C(=O)c3cc4c(cc3C1N(CCCn1ccnc1)C2=O)OCO4. The fourth-order valence-electron chi connectivity index (χ4n) is 7.39. The van der Waals surface area contributed by atoms with Crippen molar-refractivity contribution >= 4 is 29.6 Å². The molecule has 16 nitrogen and oxygen atoms in total. The number of fused-ring (bicyclic) bond motifs is 6. The van der Waals surface area contributed by atoms with Crippen LogP contribution < -0.4 is 18.9 Å². The summed E-state index contributed by atoms with van der Waals surface area (Å²) in [4.78, 5) is 71.1. The summed E-state index contributed by atoms with van der Waals surface area (Å²) in [5.74, 6) is -2.40. The largest absolute Gasteiger partial charge is 0.493 e. The van der Waals surface area contributed by atoms with E-state index in [0.29, 0.717) is 47.7 Å². The maximum atomic E-state index is 14.4. The van der Waals surface area contributed by atoms with E-state index in [1.807, 2.05) is 10.8 Å². The zero-order valence-electron chi connectivity index (χ0n) is 29.1. The van der Waals surface area contributed by atoms with E-state index < -0.39 is 60.6 Å². The number of benzene rings is 2. The van der Waals surface area contributed by atoms with E-state index in [1.54, 1.807) is 42.5 Å². The first-order valence-electron chi connectivity index (χ1n) is 16.7. The van der Waals surface area contributed by atoms with Crippen molar-refractivity contribution in [2.45, 2.75) is 83.3 Å². The van der Waals surface area contributed by atoms with Gasteiger partial charge in [0.15, 0.2) is 41.0 Å². The fraction of sp³-hybridized carbons (Fsp3) is 0.444. The zero-order valence-corrected chi connectivity index (χ0v) is 29.1. The Labute approximate surface area is 297 Å². The van der Waals surface area contributed by atoms with E-state index in [0.717, 1.165) is 13.8 Å². The topological polar surface area (TPSA) is 180 Å². The lowest BCUT2D eigenvalue weighted by Gasteiger charge is -2.43. The predicted octanol–water partition coefficient (Wildman–Crippen LogP) is 3.11. The van der Waals surface area contributed by atoms with Crippen molar-refractivity contribution < 1.29 is 61.9 Å². The maximum absolute atomic E-state index is 14.4. The first-order chi connectivity index (χ1) is 24.9. The van der Waals surface area contributed by atoms with Crippen LogP contribution in [-0.4, -0.2) is 95.2 Å². The van der Waals surface area contributed by atoms with Gasteiger partial charge in [-0.25, -0.2) is 4.98 Å². The van der Waals surface area contributed by atoms with Crippen LogP contribution in [0.15, 0.2) is 43.0 Å². The standard InChI is InChI=1S/C36H37N3O13/c1-17-32(49-18(2)40)33(50-19(3)41)34(51-20(4)42)36(48-17)52-28-11-21-24(14-25(28)45-5)35(44)39(9-6-8-38-10-7-37-15-38)30-22-12-26-27(47-16-46-26)13-23(22)31(43)29(21)30/h7,10-15,17,29-30,32-34,36H,6,8-9,16H2,1-5H3/t17-,29?,30?,32+,33+,34-,36-/m0/s1. The van der Waals surface area contributed by atoms with Gasteiger partial charge in [-0.1, -0.05) is 0 Å². The third kappa shape index (κ3) is 6.27. The van der Waals surface area contributed by atoms with Gasteiger partial charge in [0.2, 0.25) is 19.2 Å². The van der Waals surface area contributed by atoms with Crippen molar-refractivity contribution in [3.05, 3.63) is 65.2 Å². The second-order valence-corrected chi connectivity index (χ2v) is 12.9. The van der Waals surface area contributed by atoms with Gasteiger partial charge in [0.05, 0.1) is 31.5 Å². The number of nitrogens with zero attached hydrogens (tertiary/aromatic N) is 3. The van der Waals surface area contributed by atoms with Crippen molar-refractivity contribution in [3.63, 3.8) is 0 Å². The summed E-state index contributed by atoms with van der Waals surface area (Å²) in [7, 11) is 1.39. The molecule has 2 aromatic carbocycles. The van der Waals surface area contributed by atoms with Crippen molar-refractivity contribution in [2.24, 2.45) is 0 Å². The van der Waals surface area contributed by atoms with Crippen LogP contribution in [0.3, 0.4) is 0 Å². The lowest BCUT2D eigenvalue weighted by atomic mass is 9.82. The summed E-state index contributed by atoms with van der Waals surface area (Å²) in [5.41, 5.74) is 1.69. The molecule has 1 fully saturated rings. The molecular weight excluding hydrogens is 682 g/mol. The Balaban J connectivity index is 1.28. The van der Waals surface area contributed by atoms with Crippen LogP contribution in [0.2, 0.25) is 0 Å². The molecule has 1 amide bonds. The van der Waals surface area contributed by atoms with Gasteiger partial charge in [0.25, 0.3) is 5.91 Å². The van der Waals surface area contributed by atoms with Crippen LogP contribution in [0.5, 0.6) is 23.0 Å². The number of esters is 3. The molecule has 4 aliphatic rings. The minimum absolute atomic E-state index is 0.0213. The van der Waals surface area contributed by atoms with Gasteiger partial charge in [-0.05, 0) is 48.7 Å². The van der Waals surface area contributed by atoms with Crippen LogP contribution >= 0.6 is 0 Å². The highest BCUT2D eigenvalue weighted by atomic mass is 16.7. The first kappa shape index (κ1) is 34.8. The number of carbonyl (C=O) groups is 5. The average Bonchev–Trinajstić information content (AvgIpc) is 3.84. The van der Waals surface area contributed by atoms with Gasteiger partial charge in [-0.15, -0.1) is 0 Å². The molecule has 16 heteroatoms. The summed E-state index contributed by atoms with van der Waals surface area (Å²) in [6, 6.07) is 5.81. The number of hydrogen-bond donors (Lipinski definition) is 0. The van der Waals surface area contributed by atoms with E-state index in [2.05, 4.69) is 4.98 Å². The summed E-state index contributed by atoms with van der Waals surface area (Å²) < 4.78 is 47.8. The van der Waals surface area contributed by atoms with Gasteiger partial charge in [0, 0.05) is 57.4 Å². The lowest BCUT2D eigenvalue weighted by molar-refractivity contribution is -0.280. The third-order valence-corrected chi connectivity index (χ3v) is 9.48. The molecule has 1 aromatic heterocycles. The minimum atomic E-state index is -1.41. The van der Waals surface area contributed by atoms with Crippen LogP contribution in [-0.2, 0) is 39.9 Å². The molecule has 2 unspecified atom stereocenters. The molecule has 0 bridgehead atoms. The minimum Gasteiger partial charge on any atom is -0.493 e. The Hall–Kier alpha value is -5.64. The second kappa shape index (κ2) is 13.8. The highest BCUT2D eigenvalue weighted by Gasteiger charge is 2.53. The van der Waals surface area contributed by atoms with Crippen molar-refractivity contribution in [3.8, 4) is 23.0 Å². The number of aromatic nitrogens is 2. The van der Waals surface area contributed by atoms with Crippen molar-refractivity contribution in [2.75, 3.05) is 20.4 Å². The molecule has 3 aliphatic heterocycles. The Morgan fingerprint density at radius 3 is 2.21 bits per heavy atom. The van der Waals surface area contributed by atoms with Crippen LogP contribution in [0, 0.1) is 0 Å². The molecular formula is C36H37N3O13. The van der Waals surface area contributed by atoms with E-state index in [4.69, 9.17) is 37.9 Å². The molecule has 7 atom stereocenters. The Morgan fingerprint density at radius 1 is 0.846 bits per heavy atom. The molecule has 52 heavy (non-hydrogen) atoms. The van der Waals surface area contributed by atoms with Gasteiger partial charge in [-0.3, -0.25) is 24.0 Å². The Kier molecular flexibility index (Phi) is 9.25. The molecule has 0 spiro atoms. The lowest BCUT2D eigenvalue weighted by Crippen LogP contribution is -2.62. The molecule has 7 rings (SSSR count).